The Hall–Kier alpha value is -5.21. The van der Waals surface area contributed by atoms with Crippen LogP contribution in [0, 0.1) is 13.8 Å². The van der Waals surface area contributed by atoms with E-state index in [1.165, 1.54) is 0 Å². The number of nitrogens with zero attached hydrogens (tertiary/aromatic N) is 3. The molecule has 4 aromatic carbocycles. The number of rotatable bonds is 1. The van der Waals surface area contributed by atoms with Gasteiger partial charge in [0.15, 0.2) is 23.1 Å². The highest BCUT2D eigenvalue weighted by atomic mass is 32.2. The summed E-state index contributed by atoms with van der Waals surface area (Å²) in [5.41, 5.74) is 7.53. The monoisotopic (exact) mass is 581 g/mol. The van der Waals surface area contributed by atoms with E-state index in [4.69, 9.17) is 9.47 Å². The van der Waals surface area contributed by atoms with Gasteiger partial charge in [-0.15, -0.1) is 4.68 Å². The fourth-order valence-electron chi connectivity index (χ4n) is 7.88. The molecule has 7 nitrogen and oxygen atoms in total. The molecule has 0 radical (unpaired) electrons. The molecule has 4 aliphatic heterocycles. The van der Waals surface area contributed by atoms with Gasteiger partial charge in [0.2, 0.25) is 15.5 Å². The van der Waals surface area contributed by atoms with Gasteiger partial charge in [0.25, 0.3) is 0 Å². The van der Waals surface area contributed by atoms with E-state index < -0.39 is 15.5 Å². The van der Waals surface area contributed by atoms with Gasteiger partial charge in [-0.3, -0.25) is 0 Å². The van der Waals surface area contributed by atoms with Crippen molar-refractivity contribution in [2.75, 3.05) is 0 Å². The maximum Gasteiger partial charge on any atom is 0.452 e. The molecule has 8 heteroatoms. The minimum absolute atomic E-state index is 0.353. The molecule has 0 saturated carbocycles. The van der Waals surface area contributed by atoms with E-state index in [1.54, 1.807) is 12.1 Å². The third-order valence-corrected chi connectivity index (χ3v) is 11.3. The Bertz CT molecular complexity index is 2390. The van der Waals surface area contributed by atoms with E-state index in [-0.39, 0.29) is 0 Å². The van der Waals surface area contributed by atoms with Crippen molar-refractivity contribution in [2.45, 2.75) is 29.3 Å². The van der Waals surface area contributed by atoms with Crippen molar-refractivity contribution in [2.24, 2.45) is 0 Å². The van der Waals surface area contributed by atoms with Crippen LogP contribution in [0.2, 0.25) is 0 Å². The minimum Gasteiger partial charge on any atom is -0.455 e. The third kappa shape index (κ3) is 2.49. The molecule has 0 saturated heterocycles. The van der Waals surface area contributed by atoms with Crippen LogP contribution in [0.1, 0.15) is 22.5 Å². The number of pyridine rings is 1. The van der Waals surface area contributed by atoms with Gasteiger partial charge in [-0.25, -0.2) is 8.42 Å². The molecule has 6 aromatic rings. The summed E-state index contributed by atoms with van der Waals surface area (Å²) >= 11 is 0. The van der Waals surface area contributed by atoms with Gasteiger partial charge in [0, 0.05) is 24.1 Å². The molecule has 0 bridgehead atoms. The predicted molar refractivity (Wildman–Crippen MR) is 157 cm³/mol. The molecule has 0 amide bonds. The van der Waals surface area contributed by atoms with Gasteiger partial charge in [-0.05, 0) is 59.6 Å². The number of benzene rings is 4. The van der Waals surface area contributed by atoms with E-state index in [9.17, 15) is 8.42 Å². The molecule has 1 atom stereocenters. The van der Waals surface area contributed by atoms with E-state index >= 15 is 0 Å². The van der Waals surface area contributed by atoms with Gasteiger partial charge in [-0.1, -0.05) is 47.0 Å². The summed E-state index contributed by atoms with van der Waals surface area (Å²) in [5, 5.41) is 0. The SMILES string of the molecule is Cc1c(-c2ccc3c(c2)S(=O)(=O)c2ccccc2-3)c(C)[n+]2n1-c1cccc3c1C21c2c(cccc2Oc2cccc[n+]21)O3. The quantitative estimate of drug-likeness (QED) is 0.224. The first-order valence-corrected chi connectivity index (χ1v) is 15.7. The Balaban J connectivity index is 1.32. The van der Waals surface area contributed by atoms with E-state index in [2.05, 4.69) is 40.0 Å². The first-order valence-electron chi connectivity index (χ1n) is 14.2. The van der Waals surface area contributed by atoms with Crippen molar-refractivity contribution in [3.63, 3.8) is 0 Å². The molecule has 4 aliphatic rings. The number of sulfone groups is 1. The number of ether oxygens (including phenoxy) is 2. The van der Waals surface area contributed by atoms with Crippen molar-refractivity contribution in [1.82, 2.24) is 4.68 Å². The summed E-state index contributed by atoms with van der Waals surface area (Å²) in [6.07, 6.45) is 2.06. The molecule has 43 heavy (non-hydrogen) atoms. The maximum absolute atomic E-state index is 13.7. The molecule has 0 aliphatic carbocycles. The summed E-state index contributed by atoms with van der Waals surface area (Å²) in [4.78, 5) is 0.720. The number of fused-ring (bicyclic) bond motifs is 6. The topological polar surface area (TPSA) is 65.3 Å². The fourth-order valence-corrected chi connectivity index (χ4v) is 9.59. The van der Waals surface area contributed by atoms with E-state index in [1.807, 2.05) is 78.9 Å². The molecular weight excluding hydrogens is 558 g/mol. The van der Waals surface area contributed by atoms with Gasteiger partial charge in [0.05, 0.1) is 27.1 Å². The molecule has 6 heterocycles. The van der Waals surface area contributed by atoms with Crippen LogP contribution in [-0.4, -0.2) is 13.1 Å². The maximum atomic E-state index is 13.7. The van der Waals surface area contributed by atoms with Crippen LogP contribution in [0.15, 0.2) is 113 Å². The second-order valence-electron chi connectivity index (χ2n) is 11.4. The van der Waals surface area contributed by atoms with Crippen molar-refractivity contribution in [3.8, 4) is 51.1 Å². The molecule has 10 rings (SSSR count). The Morgan fingerprint density at radius 1 is 0.721 bits per heavy atom. The van der Waals surface area contributed by atoms with Crippen molar-refractivity contribution < 1.29 is 27.1 Å². The van der Waals surface area contributed by atoms with Crippen LogP contribution in [0.5, 0.6) is 23.1 Å². The number of hydrogen-bond acceptors (Lipinski definition) is 4. The summed E-state index contributed by atoms with van der Waals surface area (Å²) in [6.45, 7) is 4.22. The van der Waals surface area contributed by atoms with E-state index in [0.717, 1.165) is 73.6 Å². The van der Waals surface area contributed by atoms with Crippen LogP contribution in [0.25, 0.3) is 27.9 Å². The largest absolute Gasteiger partial charge is 0.455 e. The zero-order chi connectivity index (χ0) is 28.8. The summed E-state index contributed by atoms with van der Waals surface area (Å²) in [7, 11) is -3.62. The lowest BCUT2D eigenvalue weighted by Gasteiger charge is -2.31. The molecule has 0 fully saturated rings. The Morgan fingerprint density at radius 2 is 1.44 bits per heavy atom. The second kappa shape index (κ2) is 7.40. The zero-order valence-corrected chi connectivity index (χ0v) is 24.0. The van der Waals surface area contributed by atoms with Gasteiger partial charge < -0.3 is 9.47 Å². The smallest absolute Gasteiger partial charge is 0.452 e. The lowest BCUT2D eigenvalue weighted by atomic mass is 9.85. The standard InChI is InChI=1S/C35H23N3O4S/c1-20-32(22-16-17-24-23-9-3-4-14-29(23)43(39,40)30(24)19-22)21(2)38-35-33-25(37(20)38)10-7-11-26(33)41-27-12-8-13-28(34(27)35)42-31-15-5-6-18-36(31)35/h3-19H,1-2H3/q+2. The molecule has 0 N–H and O–H groups in total. The van der Waals surface area contributed by atoms with Crippen LogP contribution in [0.4, 0.5) is 0 Å². The first kappa shape index (κ1) is 23.4. The van der Waals surface area contributed by atoms with Gasteiger partial charge in [-0.2, -0.15) is 0 Å². The normalized spacial score (nSPS) is 18.4. The van der Waals surface area contributed by atoms with Crippen LogP contribution >= 0.6 is 0 Å². The zero-order valence-electron chi connectivity index (χ0n) is 23.2. The lowest BCUT2D eigenvalue weighted by Crippen LogP contribution is -2.76. The average molecular weight is 582 g/mol. The molecule has 1 spiro atoms. The molecule has 1 unspecified atom stereocenters. The Morgan fingerprint density at radius 3 is 2.30 bits per heavy atom. The van der Waals surface area contributed by atoms with Crippen LogP contribution < -0.4 is 18.7 Å². The van der Waals surface area contributed by atoms with Crippen molar-refractivity contribution in [1.29, 1.82) is 0 Å². The highest BCUT2D eigenvalue weighted by Crippen LogP contribution is 2.56. The van der Waals surface area contributed by atoms with Crippen molar-refractivity contribution in [3.05, 3.63) is 126 Å². The van der Waals surface area contributed by atoms with Gasteiger partial charge in [0.1, 0.15) is 17.2 Å². The molecular formula is C35H23N3O4S+2. The number of aromatic nitrogens is 3. The Kier molecular flexibility index (Phi) is 4.02. The predicted octanol–water partition coefficient (Wildman–Crippen LogP) is 5.97. The summed E-state index contributed by atoms with van der Waals surface area (Å²) in [5.74, 6) is 3.00. The molecule has 2 aromatic heterocycles. The highest BCUT2D eigenvalue weighted by molar-refractivity contribution is 7.92. The second-order valence-corrected chi connectivity index (χ2v) is 13.3. The lowest BCUT2D eigenvalue weighted by molar-refractivity contribution is -0.999. The molecule has 206 valence electrons. The van der Waals surface area contributed by atoms with E-state index in [0.29, 0.717) is 9.79 Å². The highest BCUT2D eigenvalue weighted by Gasteiger charge is 2.72. The van der Waals surface area contributed by atoms with Crippen LogP contribution in [-0.2, 0) is 15.5 Å². The number of hydrogen-bond donors (Lipinski definition) is 0. The fraction of sp³-hybridized carbons (Fsp3) is 0.0857. The van der Waals surface area contributed by atoms with Gasteiger partial charge >= 0.3 is 11.5 Å². The van der Waals surface area contributed by atoms with Crippen LogP contribution in [0.3, 0.4) is 0 Å². The third-order valence-electron chi connectivity index (χ3n) is 9.42. The first-order chi connectivity index (χ1) is 20.9. The van der Waals surface area contributed by atoms with Crippen molar-refractivity contribution >= 4 is 9.84 Å². The summed E-state index contributed by atoms with van der Waals surface area (Å²) in [6, 6.07) is 31.2. The Labute approximate surface area is 247 Å². The minimum atomic E-state index is -3.62. The summed E-state index contributed by atoms with van der Waals surface area (Å²) < 4.78 is 47.1. The average Bonchev–Trinajstić information content (AvgIpc) is 3.56.